The van der Waals surface area contributed by atoms with Crippen molar-refractivity contribution in [3.63, 3.8) is 0 Å². The van der Waals surface area contributed by atoms with Crippen LogP contribution >= 0.6 is 11.3 Å². The van der Waals surface area contributed by atoms with Crippen molar-refractivity contribution in [1.29, 1.82) is 0 Å². The van der Waals surface area contributed by atoms with Gasteiger partial charge in [-0.05, 0) is 35.7 Å². The van der Waals surface area contributed by atoms with E-state index in [0.717, 1.165) is 11.3 Å². The lowest BCUT2D eigenvalue weighted by molar-refractivity contribution is -0.114. The summed E-state index contributed by atoms with van der Waals surface area (Å²) in [6.45, 7) is 5.76. The summed E-state index contributed by atoms with van der Waals surface area (Å²) < 4.78 is 0. The van der Waals surface area contributed by atoms with Crippen LogP contribution in [0.25, 0.3) is 11.3 Å². The lowest BCUT2D eigenvalue weighted by Gasteiger charge is -2.05. The summed E-state index contributed by atoms with van der Waals surface area (Å²) in [4.78, 5) is 27.9. The van der Waals surface area contributed by atoms with Gasteiger partial charge in [-0.3, -0.25) is 14.9 Å². The lowest BCUT2D eigenvalue weighted by atomic mass is 10.0. The lowest BCUT2D eigenvalue weighted by Crippen LogP contribution is -2.12. The molecule has 0 aliphatic rings. The van der Waals surface area contributed by atoms with Crippen molar-refractivity contribution in [2.24, 2.45) is 0 Å². The van der Waals surface area contributed by atoms with Crippen LogP contribution in [0.15, 0.2) is 53.9 Å². The zero-order valence-corrected chi connectivity index (χ0v) is 16.3. The average Bonchev–Trinajstić information content (AvgIpc) is 3.10. The Balaban J connectivity index is 1.68. The molecule has 1 heterocycles. The number of aromatic nitrogens is 1. The molecule has 0 aliphatic carbocycles. The van der Waals surface area contributed by atoms with Crippen molar-refractivity contribution in [2.45, 2.75) is 26.7 Å². The molecule has 5 nitrogen and oxygen atoms in total. The van der Waals surface area contributed by atoms with Crippen LogP contribution in [0.4, 0.5) is 10.8 Å². The molecule has 0 spiro atoms. The summed E-state index contributed by atoms with van der Waals surface area (Å²) in [5.41, 5.74) is 4.30. The van der Waals surface area contributed by atoms with Crippen LogP contribution in [0.5, 0.6) is 0 Å². The Morgan fingerprint density at radius 2 is 1.63 bits per heavy atom. The van der Waals surface area contributed by atoms with Gasteiger partial charge in [0.1, 0.15) is 0 Å². The van der Waals surface area contributed by atoms with Crippen LogP contribution in [-0.2, 0) is 4.79 Å². The molecular formula is C21H21N3O2S. The highest BCUT2D eigenvalue weighted by Crippen LogP contribution is 2.27. The number of thiazole rings is 1. The smallest absolute Gasteiger partial charge is 0.257 e. The third kappa shape index (κ3) is 4.80. The fourth-order valence-corrected chi connectivity index (χ4v) is 3.29. The van der Waals surface area contributed by atoms with Crippen molar-refractivity contribution in [3.8, 4) is 11.3 Å². The number of rotatable bonds is 5. The average molecular weight is 379 g/mol. The molecule has 0 unspecified atom stereocenters. The van der Waals surface area contributed by atoms with Crippen molar-refractivity contribution >= 4 is 34.0 Å². The Kier molecular flexibility index (Phi) is 5.66. The number of carbonyl (C=O) groups is 2. The standard InChI is InChI=1S/C21H21N3O2S/c1-13(2)15-4-6-16(7-5-15)19-12-27-21(23-19)24-20(26)17-8-10-18(11-9-17)22-14(3)25/h4-13H,1-3H3,(H,22,25)(H,23,24,26). The maximum absolute atomic E-state index is 12.4. The first kappa shape index (κ1) is 18.8. The van der Waals surface area contributed by atoms with E-state index in [1.54, 1.807) is 24.3 Å². The normalized spacial score (nSPS) is 10.7. The van der Waals surface area contributed by atoms with Gasteiger partial charge in [-0.25, -0.2) is 4.98 Å². The second-order valence-corrected chi connectivity index (χ2v) is 7.39. The summed E-state index contributed by atoms with van der Waals surface area (Å²) in [5.74, 6) is 0.103. The summed E-state index contributed by atoms with van der Waals surface area (Å²) in [6, 6.07) is 15.0. The van der Waals surface area contributed by atoms with E-state index in [9.17, 15) is 9.59 Å². The van der Waals surface area contributed by atoms with Crippen molar-refractivity contribution in [3.05, 3.63) is 65.0 Å². The van der Waals surface area contributed by atoms with Crippen LogP contribution < -0.4 is 10.6 Å². The fourth-order valence-electron chi connectivity index (χ4n) is 2.58. The van der Waals surface area contributed by atoms with Gasteiger partial charge in [-0.15, -0.1) is 11.3 Å². The van der Waals surface area contributed by atoms with Gasteiger partial charge in [-0.1, -0.05) is 38.1 Å². The number of nitrogens with one attached hydrogen (secondary N) is 2. The monoisotopic (exact) mass is 379 g/mol. The Labute approximate surface area is 162 Å². The third-order valence-electron chi connectivity index (χ3n) is 4.07. The summed E-state index contributed by atoms with van der Waals surface area (Å²) >= 11 is 1.39. The molecule has 0 bridgehead atoms. The molecule has 6 heteroatoms. The molecule has 0 fully saturated rings. The zero-order chi connectivity index (χ0) is 19.4. The van der Waals surface area contributed by atoms with Crippen molar-refractivity contribution in [1.82, 2.24) is 4.98 Å². The van der Waals surface area contributed by atoms with E-state index in [1.807, 2.05) is 5.38 Å². The van der Waals surface area contributed by atoms with E-state index in [-0.39, 0.29) is 11.8 Å². The van der Waals surface area contributed by atoms with Gasteiger partial charge in [0.2, 0.25) is 5.91 Å². The fraction of sp³-hybridized carbons (Fsp3) is 0.190. The molecule has 1 aromatic heterocycles. The van der Waals surface area contributed by atoms with Crippen LogP contribution in [0.1, 0.15) is 42.6 Å². The summed E-state index contributed by atoms with van der Waals surface area (Å²) in [6.07, 6.45) is 0. The minimum atomic E-state index is -0.236. The van der Waals surface area contributed by atoms with E-state index in [2.05, 4.69) is 53.7 Å². The number of hydrogen-bond acceptors (Lipinski definition) is 4. The van der Waals surface area contributed by atoms with E-state index in [0.29, 0.717) is 22.3 Å². The topological polar surface area (TPSA) is 71.1 Å². The number of amides is 2. The number of carbonyl (C=O) groups excluding carboxylic acids is 2. The largest absolute Gasteiger partial charge is 0.326 e. The predicted molar refractivity (Wildman–Crippen MR) is 110 cm³/mol. The van der Waals surface area contributed by atoms with Crippen LogP contribution in [0.2, 0.25) is 0 Å². The van der Waals surface area contributed by atoms with Gasteiger partial charge in [0.25, 0.3) is 5.91 Å². The molecule has 0 saturated carbocycles. The maximum Gasteiger partial charge on any atom is 0.257 e. The quantitative estimate of drug-likeness (QED) is 0.644. The second-order valence-electron chi connectivity index (χ2n) is 6.53. The van der Waals surface area contributed by atoms with Crippen molar-refractivity contribution < 1.29 is 9.59 Å². The highest BCUT2D eigenvalue weighted by atomic mass is 32.1. The Morgan fingerprint density at radius 3 is 2.22 bits per heavy atom. The molecule has 3 aromatic rings. The summed E-state index contributed by atoms with van der Waals surface area (Å²) in [7, 11) is 0. The Bertz CT molecular complexity index is 944. The molecular weight excluding hydrogens is 358 g/mol. The van der Waals surface area contributed by atoms with E-state index in [1.165, 1.54) is 23.8 Å². The van der Waals surface area contributed by atoms with E-state index in [4.69, 9.17) is 0 Å². The summed E-state index contributed by atoms with van der Waals surface area (Å²) in [5, 5.41) is 7.97. The highest BCUT2D eigenvalue weighted by Gasteiger charge is 2.11. The molecule has 0 radical (unpaired) electrons. The first-order valence-electron chi connectivity index (χ1n) is 8.67. The van der Waals surface area contributed by atoms with Crippen LogP contribution in [0, 0.1) is 0 Å². The zero-order valence-electron chi connectivity index (χ0n) is 15.4. The number of anilines is 2. The second kappa shape index (κ2) is 8.14. The molecule has 0 aliphatic heterocycles. The number of benzene rings is 2. The third-order valence-corrected chi connectivity index (χ3v) is 4.82. The molecule has 0 saturated heterocycles. The van der Waals surface area contributed by atoms with Gasteiger partial charge in [0.05, 0.1) is 5.69 Å². The molecule has 138 valence electrons. The minimum absolute atomic E-state index is 0.149. The van der Waals surface area contributed by atoms with Crippen molar-refractivity contribution in [2.75, 3.05) is 10.6 Å². The molecule has 27 heavy (non-hydrogen) atoms. The highest BCUT2D eigenvalue weighted by molar-refractivity contribution is 7.14. The van der Waals surface area contributed by atoms with E-state index >= 15 is 0 Å². The van der Waals surface area contributed by atoms with Gasteiger partial charge >= 0.3 is 0 Å². The van der Waals surface area contributed by atoms with Crippen LogP contribution in [0.3, 0.4) is 0 Å². The molecule has 3 rings (SSSR count). The number of nitrogens with zero attached hydrogens (tertiary/aromatic N) is 1. The van der Waals surface area contributed by atoms with Gasteiger partial charge in [-0.2, -0.15) is 0 Å². The van der Waals surface area contributed by atoms with Gasteiger partial charge < -0.3 is 5.32 Å². The molecule has 2 N–H and O–H groups in total. The Morgan fingerprint density at radius 1 is 0.963 bits per heavy atom. The first-order valence-corrected chi connectivity index (χ1v) is 9.55. The minimum Gasteiger partial charge on any atom is -0.326 e. The Hall–Kier alpha value is -2.99. The number of hydrogen-bond donors (Lipinski definition) is 2. The van der Waals surface area contributed by atoms with E-state index < -0.39 is 0 Å². The van der Waals surface area contributed by atoms with Crippen LogP contribution in [-0.4, -0.2) is 16.8 Å². The van der Waals surface area contributed by atoms with Gasteiger partial charge in [0, 0.05) is 29.1 Å². The first-order chi connectivity index (χ1) is 12.9. The molecule has 2 amide bonds. The molecule has 2 aromatic carbocycles. The maximum atomic E-state index is 12.4. The van der Waals surface area contributed by atoms with Gasteiger partial charge in [0.15, 0.2) is 5.13 Å². The molecule has 0 atom stereocenters. The predicted octanol–water partition coefficient (Wildman–Crippen LogP) is 5.14. The SMILES string of the molecule is CC(=O)Nc1ccc(C(=O)Nc2nc(-c3ccc(C(C)C)cc3)cs2)cc1.